The fraction of sp³-hybridized carbons (Fsp3) is 0.333. The van der Waals surface area contributed by atoms with E-state index in [9.17, 15) is 14.7 Å². The van der Waals surface area contributed by atoms with Crippen molar-refractivity contribution in [2.75, 3.05) is 7.11 Å². The molecule has 2 rings (SSSR count). The van der Waals surface area contributed by atoms with Crippen LogP contribution in [0, 0.1) is 0 Å². The van der Waals surface area contributed by atoms with Crippen LogP contribution in [0.1, 0.15) is 6.92 Å². The zero-order chi connectivity index (χ0) is 13.3. The van der Waals surface area contributed by atoms with Crippen LogP contribution in [0.5, 0.6) is 0 Å². The van der Waals surface area contributed by atoms with E-state index < -0.39 is 11.6 Å². The van der Waals surface area contributed by atoms with E-state index >= 15 is 0 Å². The number of esters is 1. The summed E-state index contributed by atoms with van der Waals surface area (Å²) in [6.07, 6.45) is 1.57. The second kappa shape index (κ2) is 4.55. The number of ether oxygens (including phenoxy) is 1. The number of fused-ring (bicyclic) bond motifs is 1. The number of aromatic nitrogens is 1. The Morgan fingerprint density at radius 3 is 2.94 bits per heavy atom. The Balaban J connectivity index is 2.41. The first kappa shape index (κ1) is 12.8. The van der Waals surface area contributed by atoms with Gasteiger partial charge < -0.3 is 14.4 Å². The molecule has 2 heterocycles. The SMILES string of the molecule is COC(=O)C(C)(O)Cn1ccc2sccc2c1=O. The van der Waals surface area contributed by atoms with Crippen LogP contribution in [-0.2, 0) is 16.1 Å². The van der Waals surface area contributed by atoms with Gasteiger partial charge in [-0.1, -0.05) is 0 Å². The molecule has 0 fully saturated rings. The van der Waals surface area contributed by atoms with Gasteiger partial charge in [-0.25, -0.2) is 4.79 Å². The number of aliphatic hydroxyl groups is 1. The molecule has 18 heavy (non-hydrogen) atoms. The molecule has 0 aromatic carbocycles. The second-order valence-electron chi connectivity index (χ2n) is 4.21. The molecule has 1 unspecified atom stereocenters. The first-order valence-corrected chi connectivity index (χ1v) is 6.21. The van der Waals surface area contributed by atoms with Gasteiger partial charge in [0.1, 0.15) is 0 Å². The highest BCUT2D eigenvalue weighted by atomic mass is 32.1. The van der Waals surface area contributed by atoms with E-state index in [2.05, 4.69) is 4.74 Å². The maximum Gasteiger partial charge on any atom is 0.339 e. The van der Waals surface area contributed by atoms with Gasteiger partial charge in [0.25, 0.3) is 5.56 Å². The normalized spacial score (nSPS) is 14.4. The topological polar surface area (TPSA) is 68.5 Å². The Morgan fingerprint density at radius 1 is 1.56 bits per heavy atom. The highest BCUT2D eigenvalue weighted by molar-refractivity contribution is 7.17. The van der Waals surface area contributed by atoms with Gasteiger partial charge in [0.05, 0.1) is 19.0 Å². The third-order valence-corrected chi connectivity index (χ3v) is 3.58. The molecule has 0 spiro atoms. The highest BCUT2D eigenvalue weighted by Gasteiger charge is 2.32. The van der Waals surface area contributed by atoms with Crippen LogP contribution < -0.4 is 5.56 Å². The lowest BCUT2D eigenvalue weighted by atomic mass is 10.1. The van der Waals surface area contributed by atoms with Crippen LogP contribution in [0.3, 0.4) is 0 Å². The summed E-state index contributed by atoms with van der Waals surface area (Å²) in [4.78, 5) is 23.5. The van der Waals surface area contributed by atoms with Crippen LogP contribution in [0.25, 0.3) is 10.1 Å². The third kappa shape index (κ3) is 2.16. The Hall–Kier alpha value is -1.66. The van der Waals surface area contributed by atoms with Gasteiger partial charge in [-0.05, 0) is 24.4 Å². The molecule has 6 heteroatoms. The van der Waals surface area contributed by atoms with Crippen molar-refractivity contribution in [3.63, 3.8) is 0 Å². The lowest BCUT2D eigenvalue weighted by molar-refractivity contribution is -0.161. The summed E-state index contributed by atoms with van der Waals surface area (Å²) in [7, 11) is 1.20. The maximum absolute atomic E-state index is 12.1. The minimum atomic E-state index is -1.72. The molecular weight excluding hydrogens is 254 g/mol. The lowest BCUT2D eigenvalue weighted by Gasteiger charge is -2.21. The van der Waals surface area contributed by atoms with Crippen molar-refractivity contribution in [3.05, 3.63) is 34.1 Å². The van der Waals surface area contributed by atoms with Crippen LogP contribution in [0.4, 0.5) is 0 Å². The van der Waals surface area contributed by atoms with Crippen molar-refractivity contribution in [3.8, 4) is 0 Å². The summed E-state index contributed by atoms with van der Waals surface area (Å²) in [5.74, 6) is -0.764. The maximum atomic E-state index is 12.1. The quantitative estimate of drug-likeness (QED) is 0.842. The van der Waals surface area contributed by atoms with E-state index in [4.69, 9.17) is 0 Å². The number of rotatable bonds is 3. The number of hydrogen-bond donors (Lipinski definition) is 1. The lowest BCUT2D eigenvalue weighted by Crippen LogP contribution is -2.42. The molecule has 0 amide bonds. The Bertz CT molecular complexity index is 641. The number of methoxy groups -OCH3 is 1. The fourth-order valence-corrected chi connectivity index (χ4v) is 2.52. The standard InChI is InChI=1S/C12H13NO4S/c1-12(16,11(15)17-2)7-13-5-3-9-8(10(13)14)4-6-18-9/h3-6,16H,7H2,1-2H3. The molecule has 2 aromatic heterocycles. The van der Waals surface area contributed by atoms with Crippen molar-refractivity contribution in [1.29, 1.82) is 0 Å². The first-order valence-electron chi connectivity index (χ1n) is 5.33. The number of carbonyl (C=O) groups excluding carboxylic acids is 1. The van der Waals surface area contributed by atoms with E-state index in [1.54, 1.807) is 18.3 Å². The number of pyridine rings is 1. The highest BCUT2D eigenvalue weighted by Crippen LogP contribution is 2.17. The van der Waals surface area contributed by atoms with Gasteiger partial charge in [0, 0.05) is 10.9 Å². The predicted octanol–water partition coefficient (Wildman–Crippen LogP) is 0.987. The molecule has 0 aliphatic carbocycles. The zero-order valence-corrected chi connectivity index (χ0v) is 10.9. The minimum Gasteiger partial charge on any atom is -0.467 e. The molecule has 1 N–H and O–H groups in total. The largest absolute Gasteiger partial charge is 0.467 e. The summed E-state index contributed by atoms with van der Waals surface area (Å²) < 4.78 is 6.69. The van der Waals surface area contributed by atoms with E-state index in [1.807, 2.05) is 5.38 Å². The molecule has 0 radical (unpaired) electrons. The summed E-state index contributed by atoms with van der Waals surface area (Å²) >= 11 is 1.47. The van der Waals surface area contributed by atoms with Crippen LogP contribution >= 0.6 is 11.3 Å². The average molecular weight is 267 g/mol. The summed E-state index contributed by atoms with van der Waals surface area (Å²) in [6, 6.07) is 3.51. The van der Waals surface area contributed by atoms with E-state index in [0.29, 0.717) is 5.39 Å². The average Bonchev–Trinajstić information content (AvgIpc) is 2.80. The zero-order valence-electron chi connectivity index (χ0n) is 10.0. The first-order chi connectivity index (χ1) is 8.45. The van der Waals surface area contributed by atoms with Gasteiger partial charge in [0.2, 0.25) is 0 Å². The van der Waals surface area contributed by atoms with Crippen molar-refractivity contribution < 1.29 is 14.6 Å². The molecule has 96 valence electrons. The molecule has 0 aliphatic heterocycles. The molecule has 5 nitrogen and oxygen atoms in total. The van der Waals surface area contributed by atoms with Crippen molar-refractivity contribution >= 4 is 27.4 Å². The van der Waals surface area contributed by atoms with Gasteiger partial charge in [-0.3, -0.25) is 4.79 Å². The molecule has 0 aliphatic rings. The number of carbonyl (C=O) groups is 1. The van der Waals surface area contributed by atoms with Crippen molar-refractivity contribution in [1.82, 2.24) is 4.57 Å². The minimum absolute atomic E-state index is 0.135. The summed E-state index contributed by atoms with van der Waals surface area (Å²) in [5, 5.41) is 12.4. The molecule has 2 aromatic rings. The Labute approximate surface area is 107 Å². The molecule has 0 bridgehead atoms. The smallest absolute Gasteiger partial charge is 0.339 e. The Morgan fingerprint density at radius 2 is 2.28 bits per heavy atom. The number of thiophene rings is 1. The monoisotopic (exact) mass is 267 g/mol. The van der Waals surface area contributed by atoms with Crippen molar-refractivity contribution in [2.24, 2.45) is 0 Å². The fourth-order valence-electron chi connectivity index (χ4n) is 1.75. The molecule has 0 saturated heterocycles. The van der Waals surface area contributed by atoms with E-state index in [1.165, 1.54) is 29.9 Å². The number of hydrogen-bond acceptors (Lipinski definition) is 5. The summed E-state index contributed by atoms with van der Waals surface area (Å²) in [5.41, 5.74) is -1.94. The Kier molecular flexibility index (Phi) is 3.23. The van der Waals surface area contributed by atoms with Gasteiger partial charge >= 0.3 is 5.97 Å². The van der Waals surface area contributed by atoms with Gasteiger partial charge in [0.15, 0.2) is 5.60 Å². The van der Waals surface area contributed by atoms with Gasteiger partial charge in [-0.2, -0.15) is 0 Å². The molecule has 0 saturated carbocycles. The van der Waals surface area contributed by atoms with E-state index in [0.717, 1.165) is 4.70 Å². The summed E-state index contributed by atoms with van der Waals surface area (Å²) in [6.45, 7) is 1.19. The third-order valence-electron chi connectivity index (χ3n) is 2.70. The van der Waals surface area contributed by atoms with Crippen LogP contribution in [0.2, 0.25) is 0 Å². The van der Waals surface area contributed by atoms with Crippen molar-refractivity contribution in [2.45, 2.75) is 19.1 Å². The molecular formula is C12H13NO4S. The van der Waals surface area contributed by atoms with Crippen LogP contribution in [-0.4, -0.2) is 28.4 Å². The molecule has 1 atom stereocenters. The van der Waals surface area contributed by atoms with Crippen LogP contribution in [0.15, 0.2) is 28.5 Å². The van der Waals surface area contributed by atoms with Gasteiger partial charge in [-0.15, -0.1) is 11.3 Å². The number of nitrogens with zero attached hydrogens (tertiary/aromatic N) is 1. The van der Waals surface area contributed by atoms with E-state index in [-0.39, 0.29) is 12.1 Å². The second-order valence-corrected chi connectivity index (χ2v) is 5.16. The predicted molar refractivity (Wildman–Crippen MR) is 68.7 cm³/mol.